The number of halogens is 1. The van der Waals surface area contributed by atoms with E-state index < -0.39 is 0 Å². The van der Waals surface area contributed by atoms with Gasteiger partial charge in [-0.2, -0.15) is 0 Å². The summed E-state index contributed by atoms with van der Waals surface area (Å²) in [5.74, 6) is 0.137. The second kappa shape index (κ2) is 4.92. The van der Waals surface area contributed by atoms with Crippen LogP contribution in [0.15, 0.2) is 0 Å². The van der Waals surface area contributed by atoms with Gasteiger partial charge in [-0.15, -0.1) is 0 Å². The molecule has 11 heavy (non-hydrogen) atoms. The highest BCUT2D eigenvalue weighted by Crippen LogP contribution is 2.07. The topological polar surface area (TPSA) is 32.3 Å². The number of rotatable bonds is 3. The van der Waals surface area contributed by atoms with Crippen molar-refractivity contribution in [2.24, 2.45) is 0 Å². The molecule has 0 aromatic heterocycles. The van der Waals surface area contributed by atoms with Gasteiger partial charge in [0.15, 0.2) is 0 Å². The predicted molar refractivity (Wildman–Crippen MR) is 52.5 cm³/mol. The van der Waals surface area contributed by atoms with E-state index in [4.69, 9.17) is 0 Å². The van der Waals surface area contributed by atoms with Crippen molar-refractivity contribution in [3.05, 3.63) is 0 Å². The lowest BCUT2D eigenvalue weighted by atomic mass is 10.4. The first kappa shape index (κ1) is 9.25. The fourth-order valence-corrected chi connectivity index (χ4v) is 1.58. The van der Waals surface area contributed by atoms with E-state index in [1.54, 1.807) is 0 Å². The molecule has 4 heteroatoms. The molecular weight excluding hydrogens is 255 g/mol. The van der Waals surface area contributed by atoms with E-state index in [0.717, 1.165) is 6.54 Å². The summed E-state index contributed by atoms with van der Waals surface area (Å²) < 4.78 is 2.59. The maximum absolute atomic E-state index is 10.8. The first-order valence-corrected chi connectivity index (χ1v) is 5.02. The summed E-state index contributed by atoms with van der Waals surface area (Å²) in [7, 11) is 0. The third kappa shape index (κ3) is 3.37. The Kier molecular flexibility index (Phi) is 4.14. The molecule has 0 spiro atoms. The Balaban J connectivity index is 2.06. The van der Waals surface area contributed by atoms with E-state index in [2.05, 4.69) is 8.43 Å². The van der Waals surface area contributed by atoms with Crippen LogP contribution in [0.1, 0.15) is 19.3 Å². The van der Waals surface area contributed by atoms with Crippen molar-refractivity contribution in [1.29, 1.82) is 0 Å². The van der Waals surface area contributed by atoms with Crippen LogP contribution in [0.3, 0.4) is 0 Å². The highest BCUT2D eigenvalue weighted by atomic mass is 127. The Morgan fingerprint density at radius 2 is 2.09 bits per heavy atom. The van der Waals surface area contributed by atoms with Crippen LogP contribution in [0.4, 0.5) is 0 Å². The van der Waals surface area contributed by atoms with Crippen LogP contribution in [0, 0.1) is 0 Å². The standard InChI is InChI=1S/C7H13IN2O/c8-9-7(11)3-6-10-4-1-2-5-10/h1-6H2,(H,9,11). The van der Waals surface area contributed by atoms with Gasteiger partial charge in [0, 0.05) is 13.0 Å². The zero-order valence-electron chi connectivity index (χ0n) is 6.48. The monoisotopic (exact) mass is 268 g/mol. The summed E-state index contributed by atoms with van der Waals surface area (Å²) in [6.45, 7) is 3.28. The zero-order valence-corrected chi connectivity index (χ0v) is 8.63. The number of carbonyl (C=O) groups excluding carboxylic acids is 1. The molecule has 0 radical (unpaired) electrons. The van der Waals surface area contributed by atoms with E-state index in [-0.39, 0.29) is 5.91 Å². The molecule has 64 valence electrons. The summed E-state index contributed by atoms with van der Waals surface area (Å²) in [6, 6.07) is 0. The van der Waals surface area contributed by atoms with Crippen molar-refractivity contribution < 1.29 is 4.79 Å². The third-order valence-electron chi connectivity index (χ3n) is 1.96. The molecule has 1 N–H and O–H groups in total. The van der Waals surface area contributed by atoms with Crippen molar-refractivity contribution in [3.8, 4) is 0 Å². The largest absolute Gasteiger partial charge is 0.303 e. The highest BCUT2D eigenvalue weighted by molar-refractivity contribution is 14.1. The molecule has 0 atom stereocenters. The van der Waals surface area contributed by atoms with Crippen molar-refractivity contribution in [1.82, 2.24) is 8.43 Å². The van der Waals surface area contributed by atoms with Gasteiger partial charge in [0.2, 0.25) is 5.91 Å². The average Bonchev–Trinajstić information content (AvgIpc) is 2.52. The van der Waals surface area contributed by atoms with Gasteiger partial charge >= 0.3 is 0 Å². The van der Waals surface area contributed by atoms with Crippen molar-refractivity contribution in [3.63, 3.8) is 0 Å². The number of nitrogens with zero attached hydrogens (tertiary/aromatic N) is 1. The molecule has 1 heterocycles. The fraction of sp³-hybridized carbons (Fsp3) is 0.857. The van der Waals surface area contributed by atoms with E-state index >= 15 is 0 Å². The van der Waals surface area contributed by atoms with Gasteiger partial charge in [-0.1, -0.05) is 0 Å². The summed E-state index contributed by atoms with van der Waals surface area (Å²) in [5.41, 5.74) is 0. The molecule has 0 aromatic carbocycles. The Morgan fingerprint density at radius 3 is 2.64 bits per heavy atom. The quantitative estimate of drug-likeness (QED) is 0.610. The minimum atomic E-state index is 0.137. The predicted octanol–water partition coefficient (Wildman–Crippen LogP) is 0.939. The summed E-state index contributed by atoms with van der Waals surface area (Å²) in [4.78, 5) is 13.2. The number of amides is 1. The van der Waals surface area contributed by atoms with Crippen molar-refractivity contribution in [2.45, 2.75) is 19.3 Å². The molecule has 3 nitrogen and oxygen atoms in total. The minimum absolute atomic E-state index is 0.137. The molecule has 1 amide bonds. The van der Waals surface area contributed by atoms with Crippen molar-refractivity contribution >= 4 is 28.8 Å². The second-order valence-electron chi connectivity index (χ2n) is 2.82. The number of nitrogens with one attached hydrogen (secondary N) is 1. The lowest BCUT2D eigenvalue weighted by molar-refractivity contribution is -0.119. The van der Waals surface area contributed by atoms with Crippen LogP contribution < -0.4 is 3.53 Å². The summed E-state index contributed by atoms with van der Waals surface area (Å²) >= 11 is 1.88. The number of likely N-dealkylation sites (tertiary alicyclic amines) is 1. The van der Waals surface area contributed by atoms with Crippen LogP contribution in [0.25, 0.3) is 0 Å². The van der Waals surface area contributed by atoms with E-state index in [1.807, 2.05) is 22.9 Å². The molecule has 1 fully saturated rings. The first-order valence-electron chi connectivity index (χ1n) is 3.95. The lowest BCUT2D eigenvalue weighted by Crippen LogP contribution is -2.25. The number of hydrogen-bond donors (Lipinski definition) is 1. The molecule has 0 saturated carbocycles. The van der Waals surface area contributed by atoms with E-state index in [9.17, 15) is 4.79 Å². The first-order chi connectivity index (χ1) is 5.33. The van der Waals surface area contributed by atoms with Gasteiger partial charge in [-0.05, 0) is 25.9 Å². The highest BCUT2D eigenvalue weighted by Gasteiger charge is 2.11. The molecule has 0 aromatic rings. The molecule has 1 rings (SSSR count). The number of hydrogen-bond acceptors (Lipinski definition) is 2. The van der Waals surface area contributed by atoms with Gasteiger partial charge in [-0.25, -0.2) is 0 Å². The fourth-order valence-electron chi connectivity index (χ4n) is 1.31. The van der Waals surface area contributed by atoms with Gasteiger partial charge in [0.1, 0.15) is 0 Å². The zero-order chi connectivity index (χ0) is 8.10. The maximum Gasteiger partial charge on any atom is 0.229 e. The Labute approximate surface area is 81.0 Å². The van der Waals surface area contributed by atoms with Crippen molar-refractivity contribution in [2.75, 3.05) is 19.6 Å². The van der Waals surface area contributed by atoms with E-state index in [1.165, 1.54) is 25.9 Å². The van der Waals surface area contributed by atoms with Gasteiger partial charge in [0.05, 0.1) is 22.9 Å². The third-order valence-corrected chi connectivity index (χ3v) is 2.56. The van der Waals surface area contributed by atoms with Crippen LogP contribution >= 0.6 is 22.9 Å². The van der Waals surface area contributed by atoms with Gasteiger partial charge < -0.3 is 4.90 Å². The molecule has 1 aliphatic rings. The minimum Gasteiger partial charge on any atom is -0.303 e. The van der Waals surface area contributed by atoms with Gasteiger partial charge in [0.25, 0.3) is 0 Å². The normalized spacial score (nSPS) is 18.6. The average molecular weight is 268 g/mol. The van der Waals surface area contributed by atoms with Crippen LogP contribution in [-0.2, 0) is 4.79 Å². The van der Waals surface area contributed by atoms with Crippen LogP contribution in [-0.4, -0.2) is 30.4 Å². The van der Waals surface area contributed by atoms with Crippen LogP contribution in [0.5, 0.6) is 0 Å². The lowest BCUT2D eigenvalue weighted by Gasteiger charge is -2.12. The number of carbonyl (C=O) groups is 1. The molecule has 0 bridgehead atoms. The molecule has 0 aliphatic carbocycles. The Hall–Kier alpha value is 0.160. The molecule has 1 saturated heterocycles. The Bertz CT molecular complexity index is 134. The summed E-state index contributed by atoms with van der Waals surface area (Å²) in [5, 5.41) is 0. The molecule has 1 aliphatic heterocycles. The SMILES string of the molecule is O=C(CCN1CCCC1)NI. The summed E-state index contributed by atoms with van der Waals surface area (Å²) in [6.07, 6.45) is 3.24. The Morgan fingerprint density at radius 1 is 1.45 bits per heavy atom. The maximum atomic E-state index is 10.8. The van der Waals surface area contributed by atoms with Gasteiger partial charge in [-0.3, -0.25) is 8.32 Å². The van der Waals surface area contributed by atoms with Crippen LogP contribution in [0.2, 0.25) is 0 Å². The molecular formula is C7H13IN2O. The second-order valence-corrected chi connectivity index (χ2v) is 3.36. The smallest absolute Gasteiger partial charge is 0.229 e. The molecule has 0 unspecified atom stereocenters. The van der Waals surface area contributed by atoms with E-state index in [0.29, 0.717) is 6.42 Å².